The molecular formula is C35H44N2O7. The number of esters is 1. The molecule has 4 aliphatic carbocycles. The van der Waals surface area contributed by atoms with Gasteiger partial charge in [-0.3, -0.25) is 19.2 Å². The molecular weight excluding hydrogens is 560 g/mol. The van der Waals surface area contributed by atoms with E-state index in [0.29, 0.717) is 25.8 Å². The fourth-order valence-corrected chi connectivity index (χ4v) is 9.47. The van der Waals surface area contributed by atoms with Crippen LogP contribution >= 0.6 is 0 Å². The maximum Gasteiger partial charge on any atom is 0.306 e. The molecule has 3 fully saturated rings. The number of ketones is 2. The van der Waals surface area contributed by atoms with Crippen molar-refractivity contribution < 1.29 is 34.1 Å². The lowest BCUT2D eigenvalue weighted by atomic mass is 9.45. The van der Waals surface area contributed by atoms with Crippen LogP contribution in [-0.2, 0) is 30.3 Å². The third-order valence-corrected chi connectivity index (χ3v) is 11.8. The minimum Gasteiger partial charge on any atom is -0.458 e. The standard InChI is InChI=1S/C35H44N2O7/c1-33-14-11-23(38)17-22(33)7-8-25-26-12-15-35(43,34(26,2)18-28(39)32(25)33)29(40)20-44-31(42)10-9-30(41)36-16-13-21-19-37-27-6-4-3-5-24(21)27/h3-6,17,19,25-26,28,32,37,39,43H,7-16,18,20H2,1-2H3,(H,36,41)/t25-,26+,28-,32-,33-,34-,35-/m0/s1. The van der Waals surface area contributed by atoms with Crippen LogP contribution in [0.3, 0.4) is 0 Å². The number of benzene rings is 1. The predicted octanol–water partition coefficient (Wildman–Crippen LogP) is 3.95. The van der Waals surface area contributed by atoms with Crippen molar-refractivity contribution in [3.63, 3.8) is 0 Å². The van der Waals surface area contributed by atoms with Gasteiger partial charge in [0.15, 0.2) is 12.4 Å². The third-order valence-electron chi connectivity index (χ3n) is 11.8. The zero-order valence-electron chi connectivity index (χ0n) is 25.7. The Hall–Kier alpha value is -3.30. The van der Waals surface area contributed by atoms with Crippen molar-refractivity contribution in [1.29, 1.82) is 0 Å². The number of amides is 1. The van der Waals surface area contributed by atoms with Gasteiger partial charge in [0.25, 0.3) is 0 Å². The molecule has 4 aliphatic rings. The highest BCUT2D eigenvalue weighted by Crippen LogP contribution is 2.67. The second kappa shape index (κ2) is 11.6. The topological polar surface area (TPSA) is 146 Å². The molecule has 2 aromatic rings. The van der Waals surface area contributed by atoms with E-state index in [9.17, 15) is 29.4 Å². The number of para-hydroxylation sites is 1. The third kappa shape index (κ3) is 5.11. The van der Waals surface area contributed by atoms with E-state index in [0.717, 1.165) is 41.3 Å². The van der Waals surface area contributed by atoms with Gasteiger partial charge in [0.2, 0.25) is 11.7 Å². The molecule has 0 aliphatic heterocycles. The van der Waals surface area contributed by atoms with Crippen LogP contribution in [0, 0.1) is 28.6 Å². The zero-order valence-corrected chi connectivity index (χ0v) is 25.7. The van der Waals surface area contributed by atoms with Crippen molar-refractivity contribution in [3.05, 3.63) is 47.7 Å². The van der Waals surface area contributed by atoms with E-state index in [1.807, 2.05) is 37.4 Å². The summed E-state index contributed by atoms with van der Waals surface area (Å²) >= 11 is 0. The molecule has 9 nitrogen and oxygen atoms in total. The highest BCUT2D eigenvalue weighted by Gasteiger charge is 2.68. The van der Waals surface area contributed by atoms with Gasteiger partial charge in [0.05, 0.1) is 12.5 Å². The first-order valence-corrected chi connectivity index (χ1v) is 16.1. The average molecular weight is 605 g/mol. The van der Waals surface area contributed by atoms with E-state index in [4.69, 9.17) is 4.74 Å². The van der Waals surface area contributed by atoms with Crippen molar-refractivity contribution in [1.82, 2.24) is 10.3 Å². The Morgan fingerprint density at radius 3 is 2.70 bits per heavy atom. The van der Waals surface area contributed by atoms with Crippen molar-refractivity contribution in [3.8, 4) is 0 Å². The number of rotatable bonds is 9. The van der Waals surface area contributed by atoms with Crippen molar-refractivity contribution in [2.75, 3.05) is 13.2 Å². The van der Waals surface area contributed by atoms with Crippen molar-refractivity contribution in [2.45, 2.75) is 89.8 Å². The van der Waals surface area contributed by atoms with E-state index in [2.05, 4.69) is 17.2 Å². The zero-order chi connectivity index (χ0) is 31.3. The summed E-state index contributed by atoms with van der Waals surface area (Å²) in [5.41, 5.74) is 0.481. The van der Waals surface area contributed by atoms with E-state index >= 15 is 0 Å². The van der Waals surface area contributed by atoms with Crippen LogP contribution in [0.5, 0.6) is 0 Å². The van der Waals surface area contributed by atoms with Gasteiger partial charge in [-0.2, -0.15) is 0 Å². The number of carbonyl (C=O) groups is 4. The number of hydrogen-bond acceptors (Lipinski definition) is 7. The van der Waals surface area contributed by atoms with E-state index in [-0.39, 0.29) is 60.5 Å². The van der Waals surface area contributed by atoms with Crippen LogP contribution in [0.15, 0.2) is 42.1 Å². The predicted molar refractivity (Wildman–Crippen MR) is 163 cm³/mol. The molecule has 0 unspecified atom stereocenters. The van der Waals surface area contributed by atoms with E-state index in [1.165, 1.54) is 0 Å². The largest absolute Gasteiger partial charge is 0.458 e. The second-order valence-electron chi connectivity index (χ2n) is 14.0. The number of hydrogen-bond donors (Lipinski definition) is 4. The first-order valence-electron chi connectivity index (χ1n) is 16.1. The molecule has 236 valence electrons. The Kier molecular flexibility index (Phi) is 8.07. The monoisotopic (exact) mass is 604 g/mol. The Morgan fingerprint density at radius 2 is 1.89 bits per heavy atom. The minimum atomic E-state index is -1.71. The van der Waals surface area contributed by atoms with Crippen LogP contribution in [-0.4, -0.2) is 63.5 Å². The Bertz CT molecular complexity index is 1510. The molecule has 1 aromatic heterocycles. The lowest BCUT2D eigenvalue weighted by Gasteiger charge is -2.60. The number of allylic oxidation sites excluding steroid dienone is 1. The number of aliphatic hydroxyl groups is 2. The first-order chi connectivity index (χ1) is 21.0. The average Bonchev–Trinajstić information content (AvgIpc) is 3.53. The van der Waals surface area contributed by atoms with Crippen LogP contribution in [0.2, 0.25) is 0 Å². The van der Waals surface area contributed by atoms with Gasteiger partial charge in [-0.05, 0) is 85.8 Å². The molecule has 44 heavy (non-hydrogen) atoms. The van der Waals surface area contributed by atoms with Crippen LogP contribution < -0.4 is 5.32 Å². The molecule has 3 saturated carbocycles. The number of ether oxygens (including phenoxy) is 1. The maximum atomic E-state index is 13.5. The molecule has 0 spiro atoms. The summed E-state index contributed by atoms with van der Waals surface area (Å²) < 4.78 is 5.26. The molecule has 1 aromatic carbocycles. The quantitative estimate of drug-likeness (QED) is 0.317. The number of aliphatic hydroxyl groups excluding tert-OH is 1. The van der Waals surface area contributed by atoms with Crippen molar-refractivity contribution >= 4 is 34.3 Å². The molecule has 7 atom stereocenters. The normalized spacial score (nSPS) is 34.5. The van der Waals surface area contributed by atoms with Crippen molar-refractivity contribution in [2.24, 2.45) is 28.6 Å². The number of H-pyrrole nitrogens is 1. The van der Waals surface area contributed by atoms with Gasteiger partial charge < -0.3 is 25.3 Å². The smallest absolute Gasteiger partial charge is 0.306 e. The van der Waals surface area contributed by atoms with Gasteiger partial charge in [0, 0.05) is 41.9 Å². The summed E-state index contributed by atoms with van der Waals surface area (Å²) in [4.78, 5) is 53.6. The molecule has 0 radical (unpaired) electrons. The Balaban J connectivity index is 1.00. The van der Waals surface area contributed by atoms with Crippen LogP contribution in [0.4, 0.5) is 0 Å². The van der Waals surface area contributed by atoms with Gasteiger partial charge in [-0.25, -0.2) is 0 Å². The van der Waals surface area contributed by atoms with Crippen LogP contribution in [0.25, 0.3) is 10.9 Å². The van der Waals surface area contributed by atoms with Gasteiger partial charge in [0.1, 0.15) is 5.60 Å². The highest BCUT2D eigenvalue weighted by molar-refractivity contribution is 5.92. The molecule has 1 amide bonds. The molecule has 0 saturated heterocycles. The molecule has 4 N–H and O–H groups in total. The summed E-state index contributed by atoms with van der Waals surface area (Å²) in [5, 5.41) is 27.3. The Labute approximate surface area is 257 Å². The summed E-state index contributed by atoms with van der Waals surface area (Å²) in [7, 11) is 0. The van der Waals surface area contributed by atoms with Crippen LogP contribution in [0.1, 0.15) is 77.2 Å². The number of Topliss-reactive ketones (excluding diaryl/α,β-unsaturated/α-hetero) is 1. The summed E-state index contributed by atoms with van der Waals surface area (Å²) in [6.07, 6.45) is 7.47. The lowest BCUT2D eigenvalue weighted by Crippen LogP contribution is -2.62. The van der Waals surface area contributed by atoms with E-state index in [1.54, 1.807) is 6.08 Å². The Morgan fingerprint density at radius 1 is 1.09 bits per heavy atom. The fourth-order valence-electron chi connectivity index (χ4n) is 9.47. The number of carbonyl (C=O) groups excluding carboxylic acids is 4. The number of aromatic nitrogens is 1. The number of nitrogens with one attached hydrogen (secondary N) is 2. The summed E-state index contributed by atoms with van der Waals surface area (Å²) in [6.45, 7) is 3.95. The first kappa shape index (κ1) is 30.7. The minimum absolute atomic E-state index is 0.0162. The molecule has 9 heteroatoms. The SMILES string of the molecule is C[C@]12CCC(=O)C=C1CC[C@@H]1[C@H]2[C@@H](O)C[C@@]2(C)[C@@H]1CC[C@]2(O)C(=O)COC(=O)CCC(=O)NCCc1c[nH]c2ccccc12. The summed E-state index contributed by atoms with van der Waals surface area (Å²) in [6, 6.07) is 7.96. The van der Waals surface area contributed by atoms with Gasteiger partial charge in [-0.1, -0.05) is 37.6 Å². The molecule has 0 bridgehead atoms. The molecule has 6 rings (SSSR count). The lowest BCUT2D eigenvalue weighted by molar-refractivity contribution is -0.184. The van der Waals surface area contributed by atoms with E-state index < -0.39 is 35.5 Å². The highest BCUT2D eigenvalue weighted by atomic mass is 16.5. The summed E-state index contributed by atoms with van der Waals surface area (Å²) in [5.74, 6) is -1.16. The second-order valence-corrected chi connectivity index (χ2v) is 14.0. The van der Waals surface area contributed by atoms with Gasteiger partial charge >= 0.3 is 5.97 Å². The fraction of sp³-hybridized carbons (Fsp3) is 0.600. The number of fused-ring (bicyclic) bond motifs is 6. The maximum absolute atomic E-state index is 13.5. The van der Waals surface area contributed by atoms with Gasteiger partial charge in [-0.15, -0.1) is 0 Å². The molecule has 1 heterocycles. The number of aromatic amines is 1.